The summed E-state index contributed by atoms with van der Waals surface area (Å²) in [4.78, 5) is 12.9. The van der Waals surface area contributed by atoms with Crippen molar-refractivity contribution in [1.29, 1.82) is 0 Å². The van der Waals surface area contributed by atoms with E-state index in [-0.39, 0.29) is 5.82 Å². The molecular formula is C12H18F3N3O. The van der Waals surface area contributed by atoms with Gasteiger partial charge in [0, 0.05) is 19.2 Å². The number of unbranched alkanes of at least 4 members (excludes halogenated alkanes) is 1. The van der Waals surface area contributed by atoms with Crippen LogP contribution >= 0.6 is 0 Å². The molecule has 1 aromatic rings. The molecule has 0 spiro atoms. The zero-order chi connectivity index (χ0) is 14.5. The average molecular weight is 277 g/mol. The van der Waals surface area contributed by atoms with Crippen molar-refractivity contribution in [3.63, 3.8) is 0 Å². The van der Waals surface area contributed by atoms with Crippen molar-refractivity contribution in [2.45, 2.75) is 39.3 Å². The van der Waals surface area contributed by atoms with Gasteiger partial charge < -0.3 is 4.90 Å². The van der Waals surface area contributed by atoms with E-state index in [2.05, 4.69) is 5.10 Å². The van der Waals surface area contributed by atoms with Crippen LogP contribution in [0.2, 0.25) is 0 Å². The summed E-state index contributed by atoms with van der Waals surface area (Å²) >= 11 is 0. The molecule has 0 atom stereocenters. The fraction of sp³-hybridized carbons (Fsp3) is 0.667. The zero-order valence-electron chi connectivity index (χ0n) is 11.0. The van der Waals surface area contributed by atoms with Gasteiger partial charge in [-0.25, -0.2) is 5.10 Å². The van der Waals surface area contributed by atoms with Crippen LogP contribution in [0.15, 0.2) is 10.9 Å². The molecule has 0 amide bonds. The third-order valence-electron chi connectivity index (χ3n) is 2.69. The van der Waals surface area contributed by atoms with Crippen LogP contribution in [-0.4, -0.2) is 23.3 Å². The number of alkyl halides is 3. The van der Waals surface area contributed by atoms with E-state index < -0.39 is 17.3 Å². The first-order valence-electron chi connectivity index (χ1n) is 6.32. The van der Waals surface area contributed by atoms with Gasteiger partial charge in [-0.05, 0) is 12.8 Å². The first kappa shape index (κ1) is 15.5. The second-order valence-corrected chi connectivity index (χ2v) is 4.31. The number of hydrogen-bond donors (Lipinski definition) is 1. The quantitative estimate of drug-likeness (QED) is 0.869. The van der Waals surface area contributed by atoms with Crippen molar-refractivity contribution in [3.05, 3.63) is 22.0 Å². The van der Waals surface area contributed by atoms with Gasteiger partial charge in [-0.15, -0.1) is 0 Å². The Labute approximate surface area is 109 Å². The normalized spacial score (nSPS) is 11.6. The van der Waals surface area contributed by atoms with Crippen molar-refractivity contribution in [1.82, 2.24) is 10.2 Å². The highest BCUT2D eigenvalue weighted by Gasteiger charge is 2.34. The molecule has 0 radical (unpaired) electrons. The van der Waals surface area contributed by atoms with E-state index in [0.29, 0.717) is 13.1 Å². The molecule has 1 heterocycles. The Morgan fingerprint density at radius 2 is 1.95 bits per heavy atom. The number of nitrogens with zero attached hydrogens (tertiary/aromatic N) is 2. The van der Waals surface area contributed by atoms with E-state index in [1.807, 2.05) is 18.9 Å². The van der Waals surface area contributed by atoms with Gasteiger partial charge in [-0.3, -0.25) is 4.79 Å². The van der Waals surface area contributed by atoms with E-state index in [1.165, 1.54) is 0 Å². The smallest absolute Gasteiger partial charge is 0.355 e. The average Bonchev–Trinajstić information content (AvgIpc) is 2.34. The fourth-order valence-electron chi connectivity index (χ4n) is 1.73. The van der Waals surface area contributed by atoms with Crippen LogP contribution in [0.5, 0.6) is 0 Å². The Hall–Kier alpha value is -1.53. The van der Waals surface area contributed by atoms with Gasteiger partial charge >= 0.3 is 6.18 Å². The third kappa shape index (κ3) is 4.25. The Kier molecular flexibility index (Phi) is 5.38. The number of nitrogens with one attached hydrogen (secondary N) is 1. The minimum Gasteiger partial charge on any atom is -0.355 e. The predicted octanol–water partition coefficient (Wildman–Crippen LogP) is 2.81. The molecule has 4 nitrogen and oxygen atoms in total. The van der Waals surface area contributed by atoms with E-state index in [4.69, 9.17) is 0 Å². The molecule has 1 N–H and O–H groups in total. The lowest BCUT2D eigenvalue weighted by Gasteiger charge is -2.23. The number of aromatic amines is 1. The second kappa shape index (κ2) is 6.58. The lowest BCUT2D eigenvalue weighted by molar-refractivity contribution is -0.138. The van der Waals surface area contributed by atoms with Crippen LogP contribution in [0, 0.1) is 0 Å². The number of anilines is 1. The van der Waals surface area contributed by atoms with Gasteiger partial charge in [-0.2, -0.15) is 18.3 Å². The van der Waals surface area contributed by atoms with Gasteiger partial charge in [0.25, 0.3) is 5.56 Å². The maximum Gasteiger partial charge on any atom is 0.421 e. The summed E-state index contributed by atoms with van der Waals surface area (Å²) in [5, 5.41) is 5.64. The van der Waals surface area contributed by atoms with E-state index in [0.717, 1.165) is 25.3 Å². The van der Waals surface area contributed by atoms with Crippen LogP contribution in [0.4, 0.5) is 19.0 Å². The van der Waals surface area contributed by atoms with E-state index in [9.17, 15) is 18.0 Å². The molecule has 0 aliphatic carbocycles. The highest BCUT2D eigenvalue weighted by atomic mass is 19.4. The van der Waals surface area contributed by atoms with Crippen molar-refractivity contribution < 1.29 is 13.2 Å². The van der Waals surface area contributed by atoms with Crippen molar-refractivity contribution in [3.8, 4) is 0 Å². The van der Waals surface area contributed by atoms with Gasteiger partial charge in [0.05, 0.1) is 0 Å². The summed E-state index contributed by atoms with van der Waals surface area (Å²) in [7, 11) is 0. The number of aromatic nitrogens is 2. The van der Waals surface area contributed by atoms with Crippen molar-refractivity contribution >= 4 is 5.82 Å². The van der Waals surface area contributed by atoms with Crippen LogP contribution in [0.1, 0.15) is 38.7 Å². The van der Waals surface area contributed by atoms with Gasteiger partial charge in [0.15, 0.2) is 0 Å². The Bertz CT molecular complexity index is 456. The Morgan fingerprint density at radius 3 is 2.47 bits per heavy atom. The Balaban J connectivity index is 3.07. The topological polar surface area (TPSA) is 49.0 Å². The number of hydrogen-bond acceptors (Lipinski definition) is 3. The number of rotatable bonds is 6. The fourth-order valence-corrected chi connectivity index (χ4v) is 1.73. The standard InChI is InChI=1S/C12H18F3N3O/c1-3-5-7-18(6-4-2)10-8-9(12(13,14)15)11(19)17-16-10/h8H,3-7H2,1-2H3,(H,17,19). The highest BCUT2D eigenvalue weighted by molar-refractivity contribution is 5.40. The molecule has 0 fully saturated rings. The summed E-state index contributed by atoms with van der Waals surface area (Å²) in [6.45, 7) is 5.18. The molecule has 19 heavy (non-hydrogen) atoms. The first-order chi connectivity index (χ1) is 8.90. The van der Waals surface area contributed by atoms with Crippen LogP contribution in [0.3, 0.4) is 0 Å². The van der Waals surface area contributed by atoms with E-state index in [1.54, 1.807) is 4.90 Å². The zero-order valence-corrected chi connectivity index (χ0v) is 11.0. The largest absolute Gasteiger partial charge is 0.421 e. The highest BCUT2D eigenvalue weighted by Crippen LogP contribution is 2.28. The summed E-state index contributed by atoms with van der Waals surface area (Å²) in [6.07, 6.45) is -2.06. The molecule has 0 aliphatic heterocycles. The molecular weight excluding hydrogens is 259 g/mol. The summed E-state index contributed by atoms with van der Waals surface area (Å²) in [5.74, 6) is 0.169. The van der Waals surface area contributed by atoms with Crippen molar-refractivity contribution in [2.24, 2.45) is 0 Å². The maximum atomic E-state index is 12.7. The molecule has 0 bridgehead atoms. The predicted molar refractivity (Wildman–Crippen MR) is 67.3 cm³/mol. The Morgan fingerprint density at radius 1 is 1.26 bits per heavy atom. The minimum absolute atomic E-state index is 0.169. The van der Waals surface area contributed by atoms with E-state index >= 15 is 0 Å². The molecule has 7 heteroatoms. The summed E-state index contributed by atoms with van der Waals surface area (Å²) in [5.41, 5.74) is -2.40. The maximum absolute atomic E-state index is 12.7. The molecule has 0 saturated heterocycles. The SMILES string of the molecule is CCCCN(CCC)c1cc(C(F)(F)F)c(=O)[nH]n1. The lowest BCUT2D eigenvalue weighted by atomic mass is 10.2. The van der Waals surface area contributed by atoms with Crippen LogP contribution < -0.4 is 10.5 Å². The summed E-state index contributed by atoms with van der Waals surface area (Å²) < 4.78 is 38.0. The van der Waals surface area contributed by atoms with Gasteiger partial charge in [-0.1, -0.05) is 20.3 Å². The first-order valence-corrected chi connectivity index (χ1v) is 6.32. The van der Waals surface area contributed by atoms with Gasteiger partial charge in [0.1, 0.15) is 11.4 Å². The third-order valence-corrected chi connectivity index (χ3v) is 2.69. The molecule has 1 aromatic heterocycles. The number of H-pyrrole nitrogens is 1. The number of halogens is 3. The lowest BCUT2D eigenvalue weighted by Crippen LogP contribution is -2.30. The molecule has 0 aromatic carbocycles. The molecule has 0 aliphatic rings. The second-order valence-electron chi connectivity index (χ2n) is 4.31. The molecule has 1 rings (SSSR count). The monoisotopic (exact) mass is 277 g/mol. The molecule has 0 saturated carbocycles. The van der Waals surface area contributed by atoms with Gasteiger partial charge in [0.2, 0.25) is 0 Å². The van der Waals surface area contributed by atoms with Crippen LogP contribution in [0.25, 0.3) is 0 Å². The van der Waals surface area contributed by atoms with Crippen LogP contribution in [-0.2, 0) is 6.18 Å². The van der Waals surface area contributed by atoms with Crippen molar-refractivity contribution in [2.75, 3.05) is 18.0 Å². The molecule has 0 unspecified atom stereocenters. The minimum atomic E-state index is -4.66. The summed E-state index contributed by atoms with van der Waals surface area (Å²) in [6, 6.07) is 0.824. The molecule has 108 valence electrons.